The molecule has 2 aliphatic heterocycles. The summed E-state index contributed by atoms with van der Waals surface area (Å²) >= 11 is 0. The van der Waals surface area contributed by atoms with Crippen molar-refractivity contribution in [1.29, 1.82) is 0 Å². The second-order valence-electron chi connectivity index (χ2n) is 6.74. The molecule has 18 heavy (non-hydrogen) atoms. The van der Waals surface area contributed by atoms with E-state index in [0.29, 0.717) is 17.5 Å². The molecule has 3 fully saturated rings. The lowest BCUT2D eigenvalue weighted by Crippen LogP contribution is -2.45. The number of nitrogens with zero attached hydrogens (tertiary/aromatic N) is 1. The molecular weight excluding hydrogens is 224 g/mol. The van der Waals surface area contributed by atoms with Crippen LogP contribution in [0.15, 0.2) is 0 Å². The van der Waals surface area contributed by atoms with E-state index in [1.165, 1.54) is 51.6 Å². The molecule has 2 saturated heterocycles. The Kier molecular flexibility index (Phi) is 3.92. The van der Waals surface area contributed by atoms with Gasteiger partial charge in [0.1, 0.15) is 0 Å². The van der Waals surface area contributed by atoms with Gasteiger partial charge in [-0.25, -0.2) is 0 Å². The molecule has 0 bridgehead atoms. The van der Waals surface area contributed by atoms with Crippen molar-refractivity contribution in [2.45, 2.75) is 57.5 Å². The molecule has 1 aliphatic carbocycles. The van der Waals surface area contributed by atoms with Gasteiger partial charge in [0, 0.05) is 25.2 Å². The van der Waals surface area contributed by atoms with E-state index < -0.39 is 0 Å². The number of hydrogen-bond acceptors (Lipinski definition) is 3. The average Bonchev–Trinajstić information content (AvgIpc) is 3.02. The summed E-state index contributed by atoms with van der Waals surface area (Å²) in [5.41, 5.74) is 0.713. The van der Waals surface area contributed by atoms with Crippen LogP contribution in [0, 0.1) is 5.41 Å². The summed E-state index contributed by atoms with van der Waals surface area (Å²) in [7, 11) is 0. The molecule has 0 aromatic rings. The summed E-state index contributed by atoms with van der Waals surface area (Å²) in [6, 6.07) is 1.29. The lowest BCUT2D eigenvalue weighted by Gasteiger charge is -2.32. The van der Waals surface area contributed by atoms with Gasteiger partial charge in [-0.1, -0.05) is 12.8 Å². The summed E-state index contributed by atoms with van der Waals surface area (Å²) in [4.78, 5) is 2.74. The average molecular weight is 252 g/mol. The number of hydrogen-bond donors (Lipinski definition) is 1. The van der Waals surface area contributed by atoms with E-state index in [0.717, 1.165) is 19.8 Å². The summed E-state index contributed by atoms with van der Waals surface area (Å²) in [5.74, 6) is 0. The van der Waals surface area contributed by atoms with Gasteiger partial charge in [0.05, 0.1) is 13.2 Å². The Bertz CT molecular complexity index is 270. The van der Waals surface area contributed by atoms with E-state index in [-0.39, 0.29) is 0 Å². The Labute approximate surface area is 111 Å². The van der Waals surface area contributed by atoms with Gasteiger partial charge in [0.15, 0.2) is 0 Å². The molecule has 0 aromatic heterocycles. The predicted octanol–water partition coefficient (Wildman–Crippen LogP) is 2.02. The van der Waals surface area contributed by atoms with Gasteiger partial charge in [-0.15, -0.1) is 0 Å². The third-order valence-electron chi connectivity index (χ3n) is 5.38. The van der Waals surface area contributed by atoms with Crippen LogP contribution >= 0.6 is 0 Å². The summed E-state index contributed by atoms with van der Waals surface area (Å²) in [6.07, 6.45) is 8.62. The summed E-state index contributed by atoms with van der Waals surface area (Å²) < 4.78 is 5.56. The quantitative estimate of drug-likeness (QED) is 0.831. The minimum atomic E-state index is 0.578. The van der Waals surface area contributed by atoms with E-state index in [1.807, 2.05) is 0 Å². The Morgan fingerprint density at radius 3 is 2.89 bits per heavy atom. The van der Waals surface area contributed by atoms with Gasteiger partial charge in [0.2, 0.25) is 0 Å². The fourth-order valence-electron chi connectivity index (χ4n) is 4.21. The highest BCUT2D eigenvalue weighted by molar-refractivity contribution is 4.95. The third kappa shape index (κ3) is 2.73. The van der Waals surface area contributed by atoms with Crippen LogP contribution in [-0.4, -0.2) is 49.8 Å². The molecule has 2 unspecified atom stereocenters. The van der Waals surface area contributed by atoms with Crippen LogP contribution in [0.3, 0.4) is 0 Å². The zero-order valence-electron chi connectivity index (χ0n) is 11.8. The molecule has 1 saturated carbocycles. The minimum absolute atomic E-state index is 0.578. The molecule has 0 aromatic carbocycles. The number of nitrogens with one attached hydrogen (secondary N) is 1. The molecule has 3 rings (SSSR count). The molecule has 1 spiro atoms. The normalized spacial score (nSPS) is 34.2. The van der Waals surface area contributed by atoms with E-state index in [1.54, 1.807) is 0 Å². The minimum Gasteiger partial charge on any atom is -0.379 e. The Hall–Kier alpha value is -0.120. The van der Waals surface area contributed by atoms with E-state index in [2.05, 4.69) is 17.1 Å². The highest BCUT2D eigenvalue weighted by Crippen LogP contribution is 2.45. The topological polar surface area (TPSA) is 24.5 Å². The van der Waals surface area contributed by atoms with Crippen LogP contribution in [0.5, 0.6) is 0 Å². The maximum absolute atomic E-state index is 5.56. The highest BCUT2D eigenvalue weighted by Gasteiger charge is 2.41. The second kappa shape index (κ2) is 5.48. The van der Waals surface area contributed by atoms with Crippen LogP contribution in [-0.2, 0) is 4.74 Å². The second-order valence-corrected chi connectivity index (χ2v) is 6.74. The molecular formula is C15H28N2O. The predicted molar refractivity (Wildman–Crippen MR) is 73.8 cm³/mol. The zero-order chi connectivity index (χ0) is 12.4. The van der Waals surface area contributed by atoms with Crippen LogP contribution in [0.4, 0.5) is 0 Å². The zero-order valence-corrected chi connectivity index (χ0v) is 11.8. The molecule has 3 nitrogen and oxygen atoms in total. The maximum Gasteiger partial charge on any atom is 0.0620 e. The first-order valence-electron chi connectivity index (χ1n) is 7.83. The summed E-state index contributed by atoms with van der Waals surface area (Å²) in [5, 5.41) is 3.58. The van der Waals surface area contributed by atoms with Crippen LogP contribution in [0.2, 0.25) is 0 Å². The number of morpholine rings is 1. The fourth-order valence-corrected chi connectivity index (χ4v) is 4.21. The molecule has 2 heterocycles. The molecule has 3 aliphatic rings. The highest BCUT2D eigenvalue weighted by atomic mass is 16.5. The van der Waals surface area contributed by atoms with Crippen LogP contribution in [0.1, 0.15) is 45.4 Å². The van der Waals surface area contributed by atoms with Gasteiger partial charge in [-0.3, -0.25) is 0 Å². The van der Waals surface area contributed by atoms with Gasteiger partial charge in [-0.2, -0.15) is 0 Å². The van der Waals surface area contributed by atoms with Gasteiger partial charge >= 0.3 is 0 Å². The number of likely N-dealkylation sites (tertiary alicyclic amines) is 1. The van der Waals surface area contributed by atoms with Crippen LogP contribution < -0.4 is 5.32 Å². The molecule has 0 radical (unpaired) electrons. The summed E-state index contributed by atoms with van der Waals surface area (Å²) in [6.45, 7) is 7.92. The lowest BCUT2D eigenvalue weighted by molar-refractivity contribution is 0.0631. The molecule has 1 N–H and O–H groups in total. The Balaban J connectivity index is 1.49. The number of rotatable bonds is 3. The first kappa shape index (κ1) is 12.9. The molecule has 0 amide bonds. The van der Waals surface area contributed by atoms with Crippen LogP contribution in [0.25, 0.3) is 0 Å². The fraction of sp³-hybridized carbons (Fsp3) is 1.00. The van der Waals surface area contributed by atoms with Crippen molar-refractivity contribution in [2.24, 2.45) is 5.41 Å². The van der Waals surface area contributed by atoms with Gasteiger partial charge in [-0.05, 0) is 44.6 Å². The van der Waals surface area contributed by atoms with Gasteiger partial charge < -0.3 is 15.0 Å². The van der Waals surface area contributed by atoms with Crippen molar-refractivity contribution >= 4 is 0 Å². The Morgan fingerprint density at radius 1 is 1.33 bits per heavy atom. The largest absolute Gasteiger partial charge is 0.379 e. The standard InChI is InChI=1S/C15H28N2O/c1-13(10-14-11-18-9-7-16-14)17-8-6-15(12-17)4-2-3-5-15/h13-14,16H,2-12H2,1H3. The molecule has 2 atom stereocenters. The van der Waals surface area contributed by atoms with Crippen molar-refractivity contribution in [2.75, 3.05) is 32.8 Å². The van der Waals surface area contributed by atoms with Gasteiger partial charge in [0.25, 0.3) is 0 Å². The van der Waals surface area contributed by atoms with E-state index in [9.17, 15) is 0 Å². The number of ether oxygens (including phenoxy) is 1. The maximum atomic E-state index is 5.56. The van der Waals surface area contributed by atoms with Crippen molar-refractivity contribution in [3.8, 4) is 0 Å². The SMILES string of the molecule is CC(CC1COCCN1)N1CCC2(CCCC2)C1. The monoisotopic (exact) mass is 252 g/mol. The molecule has 3 heteroatoms. The first-order chi connectivity index (χ1) is 8.77. The lowest BCUT2D eigenvalue weighted by atomic mass is 9.85. The van der Waals surface area contributed by atoms with Crippen molar-refractivity contribution in [1.82, 2.24) is 10.2 Å². The first-order valence-corrected chi connectivity index (χ1v) is 7.83. The van der Waals surface area contributed by atoms with E-state index in [4.69, 9.17) is 4.74 Å². The van der Waals surface area contributed by atoms with E-state index >= 15 is 0 Å². The Morgan fingerprint density at radius 2 is 2.17 bits per heavy atom. The smallest absolute Gasteiger partial charge is 0.0620 e. The third-order valence-corrected chi connectivity index (χ3v) is 5.38. The van der Waals surface area contributed by atoms with Crippen molar-refractivity contribution < 1.29 is 4.74 Å². The van der Waals surface area contributed by atoms with Crippen molar-refractivity contribution in [3.05, 3.63) is 0 Å². The molecule has 104 valence electrons. The van der Waals surface area contributed by atoms with Crippen molar-refractivity contribution in [3.63, 3.8) is 0 Å².